The molecule has 0 saturated carbocycles. The standard InChI is InChI=1S/C15H10BrCl2FO2/c16-11-7-14-13(20-3-4-21-14)6-10(11)15(18)9-2-1-8(19)5-12(9)17/h1-2,5-7,15H,3-4H2. The van der Waals surface area contributed by atoms with E-state index in [0.717, 1.165) is 10.0 Å². The summed E-state index contributed by atoms with van der Waals surface area (Å²) in [5, 5.41) is -0.236. The molecule has 21 heavy (non-hydrogen) atoms. The van der Waals surface area contributed by atoms with Crippen molar-refractivity contribution in [2.24, 2.45) is 0 Å². The number of halogens is 4. The Morgan fingerprint density at radius 2 is 1.71 bits per heavy atom. The predicted octanol–water partition coefficient (Wildman–Crippen LogP) is 5.34. The van der Waals surface area contributed by atoms with Crippen LogP contribution in [-0.4, -0.2) is 13.2 Å². The lowest BCUT2D eigenvalue weighted by molar-refractivity contribution is 0.171. The lowest BCUT2D eigenvalue weighted by Crippen LogP contribution is -2.15. The molecule has 1 unspecified atom stereocenters. The Kier molecular flexibility index (Phi) is 4.29. The molecule has 3 rings (SSSR count). The topological polar surface area (TPSA) is 18.5 Å². The van der Waals surface area contributed by atoms with Crippen LogP contribution in [0.2, 0.25) is 5.02 Å². The maximum atomic E-state index is 13.1. The third-order valence-electron chi connectivity index (χ3n) is 3.17. The Hall–Kier alpha value is -0.970. The number of hydrogen-bond donors (Lipinski definition) is 0. The summed E-state index contributed by atoms with van der Waals surface area (Å²) in [6.45, 7) is 1.02. The summed E-state index contributed by atoms with van der Waals surface area (Å²) < 4.78 is 25.0. The second kappa shape index (κ2) is 6.03. The maximum Gasteiger partial charge on any atom is 0.162 e. The van der Waals surface area contributed by atoms with Crippen LogP contribution >= 0.6 is 39.1 Å². The Morgan fingerprint density at radius 3 is 2.38 bits per heavy atom. The summed E-state index contributed by atoms with van der Waals surface area (Å²) in [6, 6.07) is 7.80. The highest BCUT2D eigenvalue weighted by Gasteiger charge is 2.22. The van der Waals surface area contributed by atoms with Gasteiger partial charge in [-0.2, -0.15) is 0 Å². The molecule has 0 spiro atoms. The Balaban J connectivity index is 2.03. The quantitative estimate of drug-likeness (QED) is 0.643. The Morgan fingerprint density at radius 1 is 1.05 bits per heavy atom. The molecule has 6 heteroatoms. The average Bonchev–Trinajstić information content (AvgIpc) is 2.46. The molecule has 110 valence electrons. The highest BCUT2D eigenvalue weighted by Crippen LogP contribution is 2.43. The zero-order valence-electron chi connectivity index (χ0n) is 10.7. The van der Waals surface area contributed by atoms with E-state index in [-0.39, 0.29) is 5.02 Å². The van der Waals surface area contributed by atoms with E-state index in [1.807, 2.05) is 12.1 Å². The van der Waals surface area contributed by atoms with Crippen LogP contribution in [0.4, 0.5) is 4.39 Å². The van der Waals surface area contributed by atoms with Gasteiger partial charge < -0.3 is 9.47 Å². The first-order valence-corrected chi connectivity index (χ1v) is 7.85. The molecule has 2 nitrogen and oxygen atoms in total. The van der Waals surface area contributed by atoms with Crippen LogP contribution in [0.15, 0.2) is 34.8 Å². The summed E-state index contributed by atoms with van der Waals surface area (Å²) in [5.41, 5.74) is 1.42. The lowest BCUT2D eigenvalue weighted by atomic mass is 10.0. The predicted molar refractivity (Wildman–Crippen MR) is 84.2 cm³/mol. The van der Waals surface area contributed by atoms with Crippen molar-refractivity contribution in [1.29, 1.82) is 0 Å². The molecule has 0 saturated heterocycles. The highest BCUT2D eigenvalue weighted by molar-refractivity contribution is 9.10. The van der Waals surface area contributed by atoms with Crippen LogP contribution in [0, 0.1) is 5.82 Å². The van der Waals surface area contributed by atoms with Crippen molar-refractivity contribution in [2.75, 3.05) is 13.2 Å². The molecule has 1 heterocycles. The van der Waals surface area contributed by atoms with Crippen LogP contribution in [0.5, 0.6) is 11.5 Å². The van der Waals surface area contributed by atoms with Gasteiger partial charge in [0, 0.05) is 9.50 Å². The number of fused-ring (bicyclic) bond motifs is 1. The molecule has 1 aliphatic heterocycles. The van der Waals surface area contributed by atoms with Crippen molar-refractivity contribution < 1.29 is 13.9 Å². The minimum Gasteiger partial charge on any atom is -0.486 e. The molecule has 1 aliphatic rings. The highest BCUT2D eigenvalue weighted by atomic mass is 79.9. The molecule has 0 aromatic heterocycles. The van der Waals surface area contributed by atoms with E-state index in [1.165, 1.54) is 12.1 Å². The largest absolute Gasteiger partial charge is 0.486 e. The molecular weight excluding hydrogens is 382 g/mol. The normalized spacial score (nSPS) is 14.9. The average molecular weight is 392 g/mol. The SMILES string of the molecule is Fc1ccc(C(Cl)c2cc3c(cc2Br)OCCO3)c(Cl)c1. The van der Waals surface area contributed by atoms with E-state index in [1.54, 1.807) is 6.07 Å². The van der Waals surface area contributed by atoms with Gasteiger partial charge in [0.2, 0.25) is 0 Å². The molecule has 0 radical (unpaired) electrons. The molecule has 0 fully saturated rings. The number of alkyl halides is 1. The van der Waals surface area contributed by atoms with Gasteiger partial charge >= 0.3 is 0 Å². The summed E-state index contributed by atoms with van der Waals surface area (Å²) in [7, 11) is 0. The van der Waals surface area contributed by atoms with Gasteiger partial charge in [0.25, 0.3) is 0 Å². The van der Waals surface area contributed by atoms with Gasteiger partial charge in [-0.05, 0) is 35.4 Å². The van der Waals surface area contributed by atoms with Gasteiger partial charge in [-0.15, -0.1) is 11.6 Å². The van der Waals surface area contributed by atoms with Crippen molar-refractivity contribution in [3.8, 4) is 11.5 Å². The van der Waals surface area contributed by atoms with Crippen molar-refractivity contribution >= 4 is 39.1 Å². The summed E-state index contributed by atoms with van der Waals surface area (Å²) >= 11 is 16.1. The van der Waals surface area contributed by atoms with Gasteiger partial charge in [-0.25, -0.2) is 4.39 Å². The summed E-state index contributed by atoms with van der Waals surface area (Å²) in [6.07, 6.45) is 0. The molecule has 0 amide bonds. The fourth-order valence-corrected chi connectivity index (χ4v) is 3.53. The van der Waals surface area contributed by atoms with E-state index in [0.29, 0.717) is 30.3 Å². The second-order valence-electron chi connectivity index (χ2n) is 4.55. The minimum atomic E-state index is -0.525. The molecule has 0 aliphatic carbocycles. The summed E-state index contributed by atoms with van der Waals surface area (Å²) in [5.74, 6) is 0.920. The van der Waals surface area contributed by atoms with Crippen molar-refractivity contribution in [3.63, 3.8) is 0 Å². The molecular formula is C15H10BrCl2FO2. The van der Waals surface area contributed by atoms with E-state index < -0.39 is 11.2 Å². The number of hydrogen-bond acceptors (Lipinski definition) is 2. The number of benzene rings is 2. The molecule has 2 aromatic rings. The first-order chi connectivity index (χ1) is 10.1. The third-order valence-corrected chi connectivity index (χ3v) is 4.65. The monoisotopic (exact) mass is 390 g/mol. The van der Waals surface area contributed by atoms with Crippen LogP contribution < -0.4 is 9.47 Å². The maximum absolute atomic E-state index is 13.1. The van der Waals surface area contributed by atoms with Crippen molar-refractivity contribution in [2.45, 2.75) is 5.38 Å². The Bertz CT molecular complexity index is 694. The lowest BCUT2D eigenvalue weighted by Gasteiger charge is -2.21. The van der Waals surface area contributed by atoms with Crippen LogP contribution in [0.25, 0.3) is 0 Å². The van der Waals surface area contributed by atoms with E-state index in [4.69, 9.17) is 32.7 Å². The Labute approximate surface area is 139 Å². The van der Waals surface area contributed by atoms with Gasteiger partial charge in [-0.1, -0.05) is 33.6 Å². The molecule has 1 atom stereocenters. The fourth-order valence-electron chi connectivity index (χ4n) is 2.15. The van der Waals surface area contributed by atoms with Gasteiger partial charge in [0.05, 0.1) is 5.38 Å². The van der Waals surface area contributed by atoms with Crippen LogP contribution in [0.1, 0.15) is 16.5 Å². The fraction of sp³-hybridized carbons (Fsp3) is 0.200. The molecule has 0 N–H and O–H groups in total. The van der Waals surface area contributed by atoms with Crippen LogP contribution in [0.3, 0.4) is 0 Å². The summed E-state index contributed by atoms with van der Waals surface area (Å²) in [4.78, 5) is 0. The second-order valence-corrected chi connectivity index (χ2v) is 6.24. The first kappa shape index (κ1) is 14.9. The van der Waals surface area contributed by atoms with Crippen LogP contribution in [-0.2, 0) is 0 Å². The smallest absolute Gasteiger partial charge is 0.162 e. The van der Waals surface area contributed by atoms with Gasteiger partial charge in [0.15, 0.2) is 11.5 Å². The molecule has 0 bridgehead atoms. The minimum absolute atomic E-state index is 0.289. The zero-order valence-corrected chi connectivity index (χ0v) is 13.8. The number of ether oxygens (including phenoxy) is 2. The molecule has 2 aromatic carbocycles. The van der Waals surface area contributed by atoms with Crippen molar-refractivity contribution in [1.82, 2.24) is 0 Å². The van der Waals surface area contributed by atoms with E-state index >= 15 is 0 Å². The van der Waals surface area contributed by atoms with Crippen molar-refractivity contribution in [3.05, 3.63) is 56.8 Å². The first-order valence-electron chi connectivity index (χ1n) is 6.24. The van der Waals surface area contributed by atoms with E-state index in [9.17, 15) is 4.39 Å². The van der Waals surface area contributed by atoms with Gasteiger partial charge in [0.1, 0.15) is 19.0 Å². The zero-order chi connectivity index (χ0) is 15.0. The van der Waals surface area contributed by atoms with Gasteiger partial charge in [-0.3, -0.25) is 0 Å². The third kappa shape index (κ3) is 2.98. The number of rotatable bonds is 2. The van der Waals surface area contributed by atoms with E-state index in [2.05, 4.69) is 15.9 Å².